The molecule has 0 unspecified atom stereocenters. The topological polar surface area (TPSA) is 17.1 Å². The van der Waals surface area contributed by atoms with Gasteiger partial charge in [-0.25, -0.2) is 0 Å². The Morgan fingerprint density at radius 1 is 0.880 bits per heavy atom. The van der Waals surface area contributed by atoms with Crippen LogP contribution in [0.1, 0.15) is 39.0 Å². The van der Waals surface area contributed by atoms with Crippen molar-refractivity contribution in [3.63, 3.8) is 0 Å². The van der Waals surface area contributed by atoms with Gasteiger partial charge >= 0.3 is 165 Å². The fraction of sp³-hybridized carbons (Fsp3) is 0.318. The molecular formula is C22H26OSe2. The van der Waals surface area contributed by atoms with Gasteiger partial charge in [0, 0.05) is 0 Å². The zero-order valence-electron chi connectivity index (χ0n) is 14.8. The van der Waals surface area contributed by atoms with E-state index in [9.17, 15) is 4.79 Å². The number of carbonyl (C=O) groups excluding carboxylic acids is 1. The molecule has 0 atom stereocenters. The van der Waals surface area contributed by atoms with Gasteiger partial charge in [0.05, 0.1) is 0 Å². The number of carbonyl (C=O) groups is 1. The summed E-state index contributed by atoms with van der Waals surface area (Å²) in [5, 5.41) is 0.915. The van der Waals surface area contributed by atoms with Gasteiger partial charge in [-0.3, -0.25) is 0 Å². The molecule has 0 radical (unpaired) electrons. The number of allylic oxidation sites excluding steroid dienone is 2. The van der Waals surface area contributed by atoms with Crippen LogP contribution in [0.4, 0.5) is 0 Å². The van der Waals surface area contributed by atoms with E-state index in [-0.39, 0.29) is 15.0 Å². The second-order valence-corrected chi connectivity index (χ2v) is 10.3. The number of hydrogen-bond acceptors (Lipinski definition) is 1. The van der Waals surface area contributed by atoms with Gasteiger partial charge in [0.2, 0.25) is 0 Å². The van der Waals surface area contributed by atoms with E-state index in [0.717, 1.165) is 17.3 Å². The predicted molar refractivity (Wildman–Crippen MR) is 110 cm³/mol. The normalized spacial score (nSPS) is 11.5. The molecule has 0 amide bonds. The van der Waals surface area contributed by atoms with Crippen molar-refractivity contribution in [2.45, 2.75) is 44.3 Å². The van der Waals surface area contributed by atoms with Crippen LogP contribution in [-0.2, 0) is 4.79 Å². The third kappa shape index (κ3) is 8.21. The molecule has 0 saturated heterocycles. The molecule has 0 N–H and O–H groups in total. The first-order chi connectivity index (χ1) is 12.3. The van der Waals surface area contributed by atoms with Gasteiger partial charge in [0.15, 0.2) is 0 Å². The molecule has 1 nitrogen and oxygen atoms in total. The Labute approximate surface area is 164 Å². The molecule has 2 rings (SSSR count). The molecular weight excluding hydrogens is 438 g/mol. The van der Waals surface area contributed by atoms with Crippen molar-refractivity contribution < 1.29 is 4.79 Å². The van der Waals surface area contributed by atoms with E-state index in [1.807, 2.05) is 24.3 Å². The first kappa shape index (κ1) is 20.2. The standard InChI is InChI=1S/C22H26OSe2/c1-2-3-4-5-8-13-19(18-24-20-14-9-6-10-15-20)22(23)25-21-16-11-7-12-17-21/h6-7,9-17H,2-5,8,18H2,1H3/b19-13-. The van der Waals surface area contributed by atoms with E-state index >= 15 is 0 Å². The molecule has 0 bridgehead atoms. The summed E-state index contributed by atoms with van der Waals surface area (Å²) >= 11 is 0.224. The van der Waals surface area contributed by atoms with Crippen LogP contribution in [0.25, 0.3) is 0 Å². The second kappa shape index (κ2) is 12.3. The third-order valence-corrected chi connectivity index (χ3v) is 8.03. The van der Waals surface area contributed by atoms with Gasteiger partial charge < -0.3 is 0 Å². The number of hydrogen-bond donors (Lipinski definition) is 0. The molecule has 2 aromatic rings. The van der Waals surface area contributed by atoms with Crippen LogP contribution in [0, 0.1) is 0 Å². The van der Waals surface area contributed by atoms with Gasteiger partial charge in [0.1, 0.15) is 0 Å². The molecule has 0 aliphatic heterocycles. The van der Waals surface area contributed by atoms with Crippen molar-refractivity contribution in [3.05, 3.63) is 72.3 Å². The van der Waals surface area contributed by atoms with Crippen LogP contribution in [0.2, 0.25) is 5.32 Å². The summed E-state index contributed by atoms with van der Waals surface area (Å²) in [5.74, 6) is 0. The molecule has 0 aliphatic carbocycles. The van der Waals surface area contributed by atoms with Gasteiger partial charge in [-0.05, 0) is 0 Å². The predicted octanol–water partition coefficient (Wildman–Crippen LogP) is 3.89. The van der Waals surface area contributed by atoms with Crippen LogP contribution in [0.5, 0.6) is 0 Å². The zero-order valence-corrected chi connectivity index (χ0v) is 18.2. The monoisotopic (exact) mass is 466 g/mol. The van der Waals surface area contributed by atoms with E-state index in [1.54, 1.807) is 0 Å². The molecule has 3 heteroatoms. The average molecular weight is 464 g/mol. The van der Waals surface area contributed by atoms with E-state index in [0.29, 0.717) is 19.6 Å². The first-order valence-corrected chi connectivity index (χ1v) is 12.7. The van der Waals surface area contributed by atoms with E-state index < -0.39 is 0 Å². The number of unbranched alkanes of at least 4 members (excludes halogenated alkanes) is 4. The summed E-state index contributed by atoms with van der Waals surface area (Å²) in [6.07, 6.45) is 8.27. The van der Waals surface area contributed by atoms with Gasteiger partial charge in [-0.1, -0.05) is 0 Å². The van der Waals surface area contributed by atoms with Gasteiger partial charge in [0.25, 0.3) is 0 Å². The number of benzene rings is 2. The Bertz CT molecular complexity index is 650. The molecule has 25 heavy (non-hydrogen) atoms. The van der Waals surface area contributed by atoms with Crippen molar-refractivity contribution in [2.24, 2.45) is 0 Å². The van der Waals surface area contributed by atoms with Gasteiger partial charge in [-0.2, -0.15) is 0 Å². The molecule has 0 saturated carbocycles. The fourth-order valence-electron chi connectivity index (χ4n) is 2.39. The summed E-state index contributed by atoms with van der Waals surface area (Å²) in [6.45, 7) is 2.23. The van der Waals surface area contributed by atoms with Crippen molar-refractivity contribution in [2.75, 3.05) is 0 Å². The van der Waals surface area contributed by atoms with Gasteiger partial charge in [-0.15, -0.1) is 0 Å². The Kier molecular flexibility index (Phi) is 9.92. The summed E-state index contributed by atoms with van der Waals surface area (Å²) in [7, 11) is 0. The minimum atomic E-state index is -0.108. The van der Waals surface area contributed by atoms with Crippen LogP contribution >= 0.6 is 0 Å². The fourth-order valence-corrected chi connectivity index (χ4v) is 6.45. The molecule has 2 aromatic carbocycles. The van der Waals surface area contributed by atoms with Crippen molar-refractivity contribution in [1.82, 2.24) is 0 Å². The van der Waals surface area contributed by atoms with Crippen LogP contribution in [0.15, 0.2) is 72.3 Å². The second-order valence-electron chi connectivity index (χ2n) is 5.88. The zero-order chi connectivity index (χ0) is 17.7. The van der Waals surface area contributed by atoms with Crippen LogP contribution in [-0.4, -0.2) is 34.6 Å². The molecule has 0 spiro atoms. The Balaban J connectivity index is 1.97. The van der Waals surface area contributed by atoms with Crippen LogP contribution in [0.3, 0.4) is 0 Å². The van der Waals surface area contributed by atoms with Crippen molar-refractivity contribution in [3.8, 4) is 0 Å². The molecule has 0 fully saturated rings. The molecule has 0 heterocycles. The third-order valence-electron chi connectivity index (χ3n) is 3.80. The van der Waals surface area contributed by atoms with Crippen molar-refractivity contribution >= 4 is 43.5 Å². The van der Waals surface area contributed by atoms with E-state index in [2.05, 4.69) is 49.4 Å². The first-order valence-electron chi connectivity index (χ1n) is 8.93. The quantitative estimate of drug-likeness (QED) is 0.280. The summed E-state index contributed by atoms with van der Waals surface area (Å²) in [5.41, 5.74) is 1.06. The van der Waals surface area contributed by atoms with E-state index in [4.69, 9.17) is 0 Å². The van der Waals surface area contributed by atoms with Crippen LogP contribution < -0.4 is 8.92 Å². The Hall–Kier alpha value is -1.11. The Morgan fingerprint density at radius 3 is 2.16 bits per heavy atom. The maximum atomic E-state index is 12.8. The summed E-state index contributed by atoms with van der Waals surface area (Å²) < 4.78 is 2.89. The molecule has 132 valence electrons. The Morgan fingerprint density at radius 2 is 1.52 bits per heavy atom. The molecule has 0 aliphatic rings. The summed E-state index contributed by atoms with van der Waals surface area (Å²) in [4.78, 5) is 12.8. The maximum absolute atomic E-state index is 12.8. The van der Waals surface area contributed by atoms with Crippen molar-refractivity contribution in [1.29, 1.82) is 0 Å². The average Bonchev–Trinajstić information content (AvgIpc) is 2.65. The number of rotatable bonds is 11. The SMILES string of the molecule is CCCCCC/C=C(/C[Se]c1ccccc1)C(=O)[Se]c1ccccc1. The van der Waals surface area contributed by atoms with E-state index in [1.165, 1.54) is 34.6 Å². The summed E-state index contributed by atoms with van der Waals surface area (Å²) in [6, 6.07) is 20.7. The molecule has 0 aromatic heterocycles. The minimum absolute atomic E-state index is 0.108.